The van der Waals surface area contributed by atoms with E-state index in [1.54, 1.807) is 6.21 Å². The summed E-state index contributed by atoms with van der Waals surface area (Å²) in [5.41, 5.74) is 10.5. The van der Waals surface area contributed by atoms with Gasteiger partial charge in [0.2, 0.25) is 0 Å². The zero-order valence-electron chi connectivity index (χ0n) is 11.7. The van der Waals surface area contributed by atoms with Crippen LogP contribution in [0.3, 0.4) is 0 Å². The molecule has 0 amide bonds. The van der Waals surface area contributed by atoms with Crippen molar-refractivity contribution >= 4 is 6.21 Å². The van der Waals surface area contributed by atoms with Crippen molar-refractivity contribution in [1.82, 2.24) is 0 Å². The standard InChI is InChI=1S/C18H13N3O/c19-10-14-16(11-4-2-1-3-5-11)13-6-7-15-12(8-9-21-15)17(13)22-18(14)20/h1-9,16-17H,20H2. The third-order valence-electron chi connectivity index (χ3n) is 4.17. The summed E-state index contributed by atoms with van der Waals surface area (Å²) < 4.78 is 5.84. The molecule has 0 saturated heterocycles. The Morgan fingerprint density at radius 3 is 2.73 bits per heavy atom. The molecule has 2 unspecified atom stereocenters. The van der Waals surface area contributed by atoms with Gasteiger partial charge in [-0.2, -0.15) is 5.26 Å². The number of allylic oxidation sites excluding steroid dienone is 4. The van der Waals surface area contributed by atoms with Crippen molar-refractivity contribution < 1.29 is 4.74 Å². The van der Waals surface area contributed by atoms with Gasteiger partial charge in [0.25, 0.3) is 0 Å². The van der Waals surface area contributed by atoms with E-state index in [9.17, 15) is 5.26 Å². The van der Waals surface area contributed by atoms with E-state index in [2.05, 4.69) is 11.1 Å². The van der Waals surface area contributed by atoms with E-state index < -0.39 is 0 Å². The lowest BCUT2D eigenvalue weighted by molar-refractivity contribution is 0.152. The van der Waals surface area contributed by atoms with Crippen LogP contribution in [0.25, 0.3) is 0 Å². The SMILES string of the molecule is N#CC1=C(N)OC2C3=CC=NC3=CC=C2C1c1ccccc1. The highest BCUT2D eigenvalue weighted by molar-refractivity contribution is 5.81. The summed E-state index contributed by atoms with van der Waals surface area (Å²) >= 11 is 0. The Bertz CT molecular complexity index is 835. The van der Waals surface area contributed by atoms with Crippen LogP contribution in [-0.4, -0.2) is 12.3 Å². The normalized spacial score (nSPS) is 25.3. The lowest BCUT2D eigenvalue weighted by Crippen LogP contribution is -2.33. The van der Waals surface area contributed by atoms with Crippen LogP contribution in [0.5, 0.6) is 0 Å². The predicted octanol–water partition coefficient (Wildman–Crippen LogP) is 2.70. The summed E-state index contributed by atoms with van der Waals surface area (Å²) in [5, 5.41) is 9.52. The minimum Gasteiger partial charge on any atom is -0.466 e. The first kappa shape index (κ1) is 12.7. The Hall–Kier alpha value is -3.06. The number of hydrogen-bond acceptors (Lipinski definition) is 4. The average molecular weight is 287 g/mol. The van der Waals surface area contributed by atoms with Gasteiger partial charge in [-0.3, -0.25) is 4.99 Å². The molecule has 0 bridgehead atoms. The summed E-state index contributed by atoms with van der Waals surface area (Å²) in [6.07, 6.45) is 7.40. The predicted molar refractivity (Wildman–Crippen MR) is 83.6 cm³/mol. The highest BCUT2D eigenvalue weighted by Gasteiger charge is 2.40. The molecule has 2 heterocycles. The Kier molecular flexibility index (Phi) is 2.73. The van der Waals surface area contributed by atoms with Gasteiger partial charge in [0.15, 0.2) is 5.88 Å². The molecule has 0 radical (unpaired) electrons. The molecular formula is C18H13N3O. The minimum absolute atomic E-state index is 0.177. The fraction of sp³-hybridized carbons (Fsp3) is 0.111. The first-order valence-electron chi connectivity index (χ1n) is 7.07. The fourth-order valence-corrected chi connectivity index (χ4v) is 3.16. The number of aliphatic imine (C=N–C) groups is 1. The van der Waals surface area contributed by atoms with E-state index in [1.165, 1.54) is 0 Å². The number of nitrogens with two attached hydrogens (primary N) is 1. The summed E-state index contributed by atoms with van der Waals surface area (Å²) in [7, 11) is 0. The molecule has 2 N–H and O–H groups in total. The molecule has 22 heavy (non-hydrogen) atoms. The smallest absolute Gasteiger partial charge is 0.200 e. The van der Waals surface area contributed by atoms with Gasteiger partial charge < -0.3 is 10.5 Å². The van der Waals surface area contributed by atoms with Crippen LogP contribution in [0.4, 0.5) is 0 Å². The highest BCUT2D eigenvalue weighted by atomic mass is 16.5. The zero-order valence-corrected chi connectivity index (χ0v) is 11.7. The van der Waals surface area contributed by atoms with E-state index >= 15 is 0 Å². The maximum atomic E-state index is 9.52. The third kappa shape index (κ3) is 1.73. The number of ether oxygens (including phenoxy) is 1. The molecule has 0 saturated carbocycles. The van der Waals surface area contributed by atoms with Crippen molar-refractivity contribution in [1.29, 1.82) is 5.26 Å². The number of rotatable bonds is 1. The average Bonchev–Trinajstić information content (AvgIpc) is 3.03. The molecule has 4 heteroatoms. The van der Waals surface area contributed by atoms with Crippen LogP contribution in [-0.2, 0) is 4.74 Å². The molecule has 0 aromatic heterocycles. The number of benzene rings is 1. The lowest BCUT2D eigenvalue weighted by Gasteiger charge is -2.35. The summed E-state index contributed by atoms with van der Waals surface area (Å²) in [6, 6.07) is 12.1. The number of fused-ring (bicyclic) bond motifs is 3. The van der Waals surface area contributed by atoms with E-state index in [4.69, 9.17) is 10.5 Å². The maximum Gasteiger partial charge on any atom is 0.200 e. The van der Waals surface area contributed by atoms with Crippen LogP contribution < -0.4 is 5.73 Å². The molecule has 4 rings (SSSR count). The second-order valence-electron chi connectivity index (χ2n) is 5.35. The fourth-order valence-electron chi connectivity index (χ4n) is 3.16. The topological polar surface area (TPSA) is 71.4 Å². The Morgan fingerprint density at radius 2 is 1.95 bits per heavy atom. The Morgan fingerprint density at radius 1 is 1.14 bits per heavy atom. The van der Waals surface area contributed by atoms with Crippen molar-refractivity contribution in [3.8, 4) is 6.07 Å². The molecule has 3 aliphatic rings. The zero-order chi connectivity index (χ0) is 15.1. The van der Waals surface area contributed by atoms with Gasteiger partial charge in [0.1, 0.15) is 17.7 Å². The van der Waals surface area contributed by atoms with Gasteiger partial charge in [-0.15, -0.1) is 0 Å². The molecular weight excluding hydrogens is 274 g/mol. The van der Waals surface area contributed by atoms with E-state index in [-0.39, 0.29) is 17.9 Å². The summed E-state index contributed by atoms with van der Waals surface area (Å²) in [4.78, 5) is 4.31. The van der Waals surface area contributed by atoms with E-state index in [0.717, 1.165) is 22.4 Å². The molecule has 1 aliphatic carbocycles. The van der Waals surface area contributed by atoms with Gasteiger partial charge in [-0.1, -0.05) is 36.4 Å². The molecule has 2 aliphatic heterocycles. The minimum atomic E-state index is -0.273. The van der Waals surface area contributed by atoms with Gasteiger partial charge in [-0.05, 0) is 23.3 Å². The quantitative estimate of drug-likeness (QED) is 0.863. The van der Waals surface area contributed by atoms with Crippen molar-refractivity contribution in [2.45, 2.75) is 12.0 Å². The van der Waals surface area contributed by atoms with Crippen LogP contribution in [0, 0.1) is 11.3 Å². The van der Waals surface area contributed by atoms with Crippen molar-refractivity contribution in [3.05, 3.63) is 82.4 Å². The van der Waals surface area contributed by atoms with Gasteiger partial charge >= 0.3 is 0 Å². The lowest BCUT2D eigenvalue weighted by atomic mass is 9.77. The molecule has 0 fully saturated rings. The molecule has 106 valence electrons. The van der Waals surface area contributed by atoms with Crippen molar-refractivity contribution in [2.24, 2.45) is 10.7 Å². The van der Waals surface area contributed by atoms with Crippen molar-refractivity contribution in [2.75, 3.05) is 0 Å². The van der Waals surface area contributed by atoms with Gasteiger partial charge in [0.05, 0.1) is 5.70 Å². The Balaban J connectivity index is 1.90. The number of nitriles is 1. The van der Waals surface area contributed by atoms with Crippen molar-refractivity contribution in [3.63, 3.8) is 0 Å². The van der Waals surface area contributed by atoms with Crippen LogP contribution >= 0.6 is 0 Å². The summed E-state index contributed by atoms with van der Waals surface area (Å²) in [5.74, 6) is 0.0248. The highest BCUT2D eigenvalue weighted by Crippen LogP contribution is 2.45. The van der Waals surface area contributed by atoms with Gasteiger partial charge in [0, 0.05) is 17.7 Å². The first-order chi connectivity index (χ1) is 10.8. The molecule has 1 aromatic carbocycles. The van der Waals surface area contributed by atoms with Crippen LogP contribution in [0.2, 0.25) is 0 Å². The Labute approximate surface area is 128 Å². The van der Waals surface area contributed by atoms with Crippen LogP contribution in [0.1, 0.15) is 11.5 Å². The number of nitrogens with zero attached hydrogens (tertiary/aromatic N) is 2. The number of hydrogen-bond donors (Lipinski definition) is 1. The summed E-state index contributed by atoms with van der Waals surface area (Å²) in [6.45, 7) is 0. The van der Waals surface area contributed by atoms with E-state index in [1.807, 2.05) is 48.6 Å². The second-order valence-corrected chi connectivity index (χ2v) is 5.35. The second kappa shape index (κ2) is 4.74. The first-order valence-corrected chi connectivity index (χ1v) is 7.07. The molecule has 0 spiro atoms. The van der Waals surface area contributed by atoms with Crippen LogP contribution in [0.15, 0.2) is 81.9 Å². The molecule has 1 aromatic rings. The maximum absolute atomic E-state index is 9.52. The van der Waals surface area contributed by atoms with Gasteiger partial charge in [-0.25, -0.2) is 0 Å². The molecule has 4 nitrogen and oxygen atoms in total. The largest absolute Gasteiger partial charge is 0.466 e. The molecule has 2 atom stereocenters. The monoisotopic (exact) mass is 287 g/mol. The third-order valence-corrected chi connectivity index (χ3v) is 4.17. The van der Waals surface area contributed by atoms with E-state index in [0.29, 0.717) is 5.57 Å².